The molecule has 1 saturated heterocycles. The summed E-state index contributed by atoms with van der Waals surface area (Å²) in [5, 5.41) is 24.4. The molecule has 1 N–H and O–H groups in total. The molecule has 2 aliphatic rings. The molecule has 1 aromatic carbocycles. The molecule has 0 atom stereocenters. The minimum atomic E-state index is -0.319. The number of nitro benzene ring substituents is 1. The van der Waals surface area contributed by atoms with Gasteiger partial charge in [0.05, 0.1) is 9.82 Å². The molecule has 4 rings (SSSR count). The first-order valence-corrected chi connectivity index (χ1v) is 9.53. The van der Waals surface area contributed by atoms with E-state index in [1.807, 2.05) is 19.1 Å². The average molecular weight is 359 g/mol. The van der Waals surface area contributed by atoms with Gasteiger partial charge < -0.3 is 9.88 Å². The van der Waals surface area contributed by atoms with Crippen LogP contribution < -0.4 is 5.32 Å². The maximum Gasteiger partial charge on any atom is 0.283 e. The molecule has 0 spiro atoms. The maximum atomic E-state index is 11.4. The second-order valence-electron chi connectivity index (χ2n) is 6.80. The Labute approximate surface area is 150 Å². The molecular formula is C17H21N5O2S. The summed E-state index contributed by atoms with van der Waals surface area (Å²) in [6.45, 7) is 3.88. The molecule has 8 heteroatoms. The Kier molecular flexibility index (Phi) is 4.47. The van der Waals surface area contributed by atoms with Crippen LogP contribution in [0.3, 0.4) is 0 Å². The van der Waals surface area contributed by atoms with Gasteiger partial charge in [0, 0.05) is 18.0 Å². The van der Waals surface area contributed by atoms with E-state index in [0.29, 0.717) is 16.9 Å². The second-order valence-corrected chi connectivity index (χ2v) is 7.81. The van der Waals surface area contributed by atoms with Gasteiger partial charge in [0.25, 0.3) is 5.69 Å². The number of rotatable bonds is 5. The normalized spacial score (nSPS) is 18.4. The third kappa shape index (κ3) is 3.41. The summed E-state index contributed by atoms with van der Waals surface area (Å²) in [5.74, 6) is 1.48. The SMILES string of the molecule is Cc1ccc(Sc2nnc(C3CCNCC3)n2C2CC2)c([N+](=O)[O-])c1. The van der Waals surface area contributed by atoms with E-state index in [1.165, 1.54) is 11.8 Å². The van der Waals surface area contributed by atoms with Gasteiger partial charge in [0.15, 0.2) is 5.16 Å². The lowest BCUT2D eigenvalue weighted by molar-refractivity contribution is -0.387. The van der Waals surface area contributed by atoms with Crippen molar-refractivity contribution in [3.63, 3.8) is 0 Å². The monoisotopic (exact) mass is 359 g/mol. The third-order valence-electron chi connectivity index (χ3n) is 4.82. The lowest BCUT2D eigenvalue weighted by Gasteiger charge is -2.22. The van der Waals surface area contributed by atoms with Crippen molar-refractivity contribution in [1.82, 2.24) is 20.1 Å². The van der Waals surface area contributed by atoms with Crippen LogP contribution in [0.1, 0.15) is 49.0 Å². The van der Waals surface area contributed by atoms with Crippen LogP contribution >= 0.6 is 11.8 Å². The van der Waals surface area contributed by atoms with Crippen LogP contribution in [0.25, 0.3) is 0 Å². The molecule has 2 aromatic rings. The number of hydrogen-bond acceptors (Lipinski definition) is 6. The standard InChI is InChI=1S/C17H21N5O2S/c1-11-2-5-15(14(10-11)22(23)24)25-17-20-19-16(21(17)13-3-4-13)12-6-8-18-9-7-12/h2,5,10,12-13,18H,3-4,6-9H2,1H3. The number of piperidine rings is 1. The Balaban J connectivity index is 1.67. The van der Waals surface area contributed by atoms with Crippen molar-refractivity contribution < 1.29 is 4.92 Å². The predicted molar refractivity (Wildman–Crippen MR) is 95.1 cm³/mol. The topological polar surface area (TPSA) is 85.9 Å². The summed E-state index contributed by atoms with van der Waals surface area (Å²) >= 11 is 1.36. The molecule has 1 saturated carbocycles. The molecule has 2 heterocycles. The van der Waals surface area contributed by atoms with Crippen LogP contribution in [0, 0.1) is 17.0 Å². The van der Waals surface area contributed by atoms with E-state index in [0.717, 1.165) is 55.3 Å². The smallest absolute Gasteiger partial charge is 0.283 e. The zero-order chi connectivity index (χ0) is 17.4. The fourth-order valence-corrected chi connectivity index (χ4v) is 4.34. The van der Waals surface area contributed by atoms with Crippen molar-refractivity contribution in [2.75, 3.05) is 13.1 Å². The van der Waals surface area contributed by atoms with Crippen LogP contribution in [0.15, 0.2) is 28.3 Å². The number of nitrogens with one attached hydrogen (secondary N) is 1. The van der Waals surface area contributed by atoms with Crippen LogP contribution in [-0.2, 0) is 0 Å². The van der Waals surface area contributed by atoms with E-state index in [9.17, 15) is 10.1 Å². The van der Waals surface area contributed by atoms with Crippen LogP contribution in [0.4, 0.5) is 5.69 Å². The highest BCUT2D eigenvalue weighted by Gasteiger charge is 2.33. The molecule has 1 aliphatic carbocycles. The number of aryl methyl sites for hydroxylation is 1. The zero-order valence-electron chi connectivity index (χ0n) is 14.1. The quantitative estimate of drug-likeness (QED) is 0.650. The van der Waals surface area contributed by atoms with Crippen LogP contribution in [0.5, 0.6) is 0 Å². The maximum absolute atomic E-state index is 11.4. The van der Waals surface area contributed by atoms with E-state index in [4.69, 9.17) is 0 Å². The summed E-state index contributed by atoms with van der Waals surface area (Å²) in [5.41, 5.74) is 1.02. The fourth-order valence-electron chi connectivity index (χ4n) is 3.35. The Morgan fingerprint density at radius 3 is 2.68 bits per heavy atom. The van der Waals surface area contributed by atoms with Gasteiger partial charge in [-0.1, -0.05) is 6.07 Å². The number of nitrogens with zero attached hydrogens (tertiary/aromatic N) is 4. The van der Waals surface area contributed by atoms with Gasteiger partial charge in [0.2, 0.25) is 0 Å². The second kappa shape index (κ2) is 6.76. The van der Waals surface area contributed by atoms with Gasteiger partial charge in [-0.25, -0.2) is 0 Å². The molecule has 0 radical (unpaired) electrons. The van der Waals surface area contributed by atoms with Gasteiger partial charge in [-0.3, -0.25) is 10.1 Å². The summed E-state index contributed by atoms with van der Waals surface area (Å²) in [7, 11) is 0. The number of hydrogen-bond donors (Lipinski definition) is 1. The Bertz CT molecular complexity index is 796. The molecule has 132 valence electrons. The Hall–Kier alpha value is -1.93. The third-order valence-corrected chi connectivity index (χ3v) is 5.85. The molecule has 2 fully saturated rings. The van der Waals surface area contributed by atoms with E-state index >= 15 is 0 Å². The first-order chi connectivity index (χ1) is 12.1. The first-order valence-electron chi connectivity index (χ1n) is 8.72. The zero-order valence-corrected chi connectivity index (χ0v) is 15.0. The van der Waals surface area contributed by atoms with Crippen LogP contribution in [-0.4, -0.2) is 32.8 Å². The Morgan fingerprint density at radius 2 is 2.00 bits per heavy atom. The molecule has 0 amide bonds. The van der Waals surface area contributed by atoms with Gasteiger partial charge in [-0.15, -0.1) is 10.2 Å². The Morgan fingerprint density at radius 1 is 1.24 bits per heavy atom. The van der Waals surface area contributed by atoms with E-state index in [-0.39, 0.29) is 10.6 Å². The van der Waals surface area contributed by atoms with Gasteiger partial charge in [-0.05, 0) is 69.1 Å². The molecule has 7 nitrogen and oxygen atoms in total. The molecule has 1 aliphatic heterocycles. The lowest BCUT2D eigenvalue weighted by Crippen LogP contribution is -2.28. The minimum absolute atomic E-state index is 0.138. The van der Waals surface area contributed by atoms with Crippen molar-refractivity contribution in [3.05, 3.63) is 39.7 Å². The molecule has 0 bridgehead atoms. The highest BCUT2D eigenvalue weighted by Crippen LogP contribution is 2.43. The lowest BCUT2D eigenvalue weighted by atomic mass is 9.97. The van der Waals surface area contributed by atoms with Crippen molar-refractivity contribution in [2.24, 2.45) is 0 Å². The van der Waals surface area contributed by atoms with Crippen molar-refractivity contribution >= 4 is 17.4 Å². The summed E-state index contributed by atoms with van der Waals surface area (Å²) in [6.07, 6.45) is 4.42. The van der Waals surface area contributed by atoms with Crippen molar-refractivity contribution in [2.45, 2.75) is 54.6 Å². The molecule has 25 heavy (non-hydrogen) atoms. The van der Waals surface area contributed by atoms with Crippen molar-refractivity contribution in [3.8, 4) is 0 Å². The predicted octanol–water partition coefficient (Wildman–Crippen LogP) is 3.45. The van der Waals surface area contributed by atoms with Gasteiger partial charge in [-0.2, -0.15) is 0 Å². The van der Waals surface area contributed by atoms with Gasteiger partial charge in [0.1, 0.15) is 5.82 Å². The van der Waals surface area contributed by atoms with E-state index < -0.39 is 0 Å². The van der Waals surface area contributed by atoms with E-state index in [2.05, 4.69) is 20.1 Å². The summed E-state index contributed by atoms with van der Waals surface area (Å²) in [6, 6.07) is 5.79. The van der Waals surface area contributed by atoms with Gasteiger partial charge >= 0.3 is 0 Å². The van der Waals surface area contributed by atoms with Crippen LogP contribution in [0.2, 0.25) is 0 Å². The highest BCUT2D eigenvalue weighted by molar-refractivity contribution is 7.99. The molecular weight excluding hydrogens is 338 g/mol. The van der Waals surface area contributed by atoms with Crippen molar-refractivity contribution in [1.29, 1.82) is 0 Å². The molecule has 0 unspecified atom stereocenters. The summed E-state index contributed by atoms with van der Waals surface area (Å²) < 4.78 is 2.24. The molecule has 1 aromatic heterocycles. The first kappa shape index (κ1) is 16.5. The average Bonchev–Trinajstić information content (AvgIpc) is 3.37. The number of aromatic nitrogens is 3. The number of benzene rings is 1. The fraction of sp³-hybridized carbons (Fsp3) is 0.529. The summed E-state index contributed by atoms with van der Waals surface area (Å²) in [4.78, 5) is 11.7. The minimum Gasteiger partial charge on any atom is -0.317 e. The van der Waals surface area contributed by atoms with E-state index in [1.54, 1.807) is 6.07 Å². The largest absolute Gasteiger partial charge is 0.317 e. The highest BCUT2D eigenvalue weighted by atomic mass is 32.2. The number of nitro groups is 1.